The molecule has 5 rings (SSSR count). The van der Waals surface area contributed by atoms with Crippen molar-refractivity contribution in [3.63, 3.8) is 0 Å². The Labute approximate surface area is 197 Å². The maximum absolute atomic E-state index is 15.6. The van der Waals surface area contributed by atoms with Gasteiger partial charge in [-0.3, -0.25) is 4.79 Å². The van der Waals surface area contributed by atoms with Crippen molar-refractivity contribution in [3.8, 4) is 11.1 Å². The van der Waals surface area contributed by atoms with Crippen molar-refractivity contribution >= 4 is 15.9 Å². The van der Waals surface area contributed by atoms with Crippen LogP contribution in [0, 0.1) is 34.7 Å². The number of hydrogen-bond acceptors (Lipinski definition) is 3. The van der Waals surface area contributed by atoms with Crippen LogP contribution in [0.5, 0.6) is 0 Å². The van der Waals surface area contributed by atoms with E-state index < -0.39 is 33.5 Å². The lowest BCUT2D eigenvalue weighted by Gasteiger charge is -2.34. The minimum Gasteiger partial charge on any atom is -0.338 e. The second-order valence-corrected chi connectivity index (χ2v) is 11.8. The molecule has 0 aromatic heterocycles. The van der Waals surface area contributed by atoms with E-state index in [9.17, 15) is 22.0 Å². The Bertz CT molecular complexity index is 1220. The maximum Gasteiger partial charge on any atom is 0.225 e. The molecular formula is C25H27F3N2O3S. The number of nitrogens with zero attached hydrogens (tertiary/aromatic N) is 1. The Kier molecular flexibility index (Phi) is 5.75. The Hall–Kier alpha value is -2.39. The summed E-state index contributed by atoms with van der Waals surface area (Å²) in [5, 5.41) is 5.42. The number of sulfonamides is 1. The van der Waals surface area contributed by atoms with E-state index in [1.807, 2.05) is 0 Å². The highest BCUT2D eigenvalue weighted by molar-refractivity contribution is 7.89. The summed E-state index contributed by atoms with van der Waals surface area (Å²) >= 11 is 0. The first-order valence-corrected chi connectivity index (χ1v) is 13.3. The van der Waals surface area contributed by atoms with Crippen LogP contribution in [-0.4, -0.2) is 37.6 Å². The van der Waals surface area contributed by atoms with Crippen LogP contribution < -0.4 is 5.14 Å². The third-order valence-corrected chi connectivity index (χ3v) is 8.68. The summed E-state index contributed by atoms with van der Waals surface area (Å²) in [4.78, 5) is 15.0. The molecule has 182 valence electrons. The summed E-state index contributed by atoms with van der Waals surface area (Å²) in [5.41, 5.74) is 0.104. The quantitative estimate of drug-likeness (QED) is 0.662. The van der Waals surface area contributed by atoms with Gasteiger partial charge < -0.3 is 4.90 Å². The van der Waals surface area contributed by atoms with Crippen LogP contribution in [0.15, 0.2) is 36.4 Å². The average molecular weight is 493 g/mol. The molecule has 1 spiro atoms. The lowest BCUT2D eigenvalue weighted by molar-refractivity contribution is -0.139. The SMILES string of the molecule is NS(=O)(=O)CC1C(Cc2cccc(-c3cc(F)cc(F)c3)c2F)N(C(=O)C2CCC2)CC12CC2. The molecule has 2 aromatic carbocycles. The first-order chi connectivity index (χ1) is 16.1. The Morgan fingerprint density at radius 2 is 1.76 bits per heavy atom. The standard InChI is InChI=1S/C25H27F3N2O3S/c26-18-9-17(10-19(27)12-18)20-6-2-5-16(23(20)28)11-22-21(13-34(29,32)33)25(7-8-25)14-30(22)24(31)15-3-1-4-15/h2,5-6,9-10,12,15,21-22H,1,3-4,7-8,11,13-14H2,(H2,29,32,33). The molecule has 5 nitrogen and oxygen atoms in total. The normalized spacial score (nSPS) is 23.8. The first-order valence-electron chi connectivity index (χ1n) is 11.6. The number of primary sulfonamides is 1. The maximum atomic E-state index is 15.6. The lowest BCUT2D eigenvalue weighted by Crippen LogP contribution is -2.45. The van der Waals surface area contributed by atoms with Gasteiger partial charge in [-0.25, -0.2) is 26.7 Å². The topological polar surface area (TPSA) is 80.5 Å². The molecule has 2 atom stereocenters. The van der Waals surface area contributed by atoms with Crippen LogP contribution in [0.25, 0.3) is 11.1 Å². The molecule has 1 aliphatic heterocycles. The highest BCUT2D eigenvalue weighted by Gasteiger charge is 2.61. The van der Waals surface area contributed by atoms with Gasteiger partial charge in [-0.1, -0.05) is 24.6 Å². The molecule has 34 heavy (non-hydrogen) atoms. The van der Waals surface area contributed by atoms with Gasteiger partial charge in [0.1, 0.15) is 17.5 Å². The number of halogens is 3. The van der Waals surface area contributed by atoms with Crippen LogP contribution in [0.2, 0.25) is 0 Å². The molecule has 0 radical (unpaired) electrons. The monoisotopic (exact) mass is 492 g/mol. The van der Waals surface area contributed by atoms with Crippen molar-refractivity contribution in [2.24, 2.45) is 22.4 Å². The predicted molar refractivity (Wildman–Crippen MR) is 121 cm³/mol. The van der Waals surface area contributed by atoms with Crippen LogP contribution in [0.1, 0.15) is 37.7 Å². The second-order valence-electron chi connectivity index (χ2n) is 10.1. The zero-order valence-corrected chi connectivity index (χ0v) is 19.5. The minimum atomic E-state index is -3.81. The van der Waals surface area contributed by atoms with Gasteiger partial charge in [-0.05, 0) is 60.8 Å². The Morgan fingerprint density at radius 1 is 1.09 bits per heavy atom. The highest BCUT2D eigenvalue weighted by atomic mass is 32.2. The fraction of sp³-hybridized carbons (Fsp3) is 0.480. The molecule has 1 saturated heterocycles. The molecule has 3 aliphatic rings. The van der Waals surface area contributed by atoms with Gasteiger partial charge in [0.2, 0.25) is 15.9 Å². The van der Waals surface area contributed by atoms with Crippen molar-refractivity contribution in [2.45, 2.75) is 44.6 Å². The fourth-order valence-electron chi connectivity index (χ4n) is 5.71. The number of carbonyl (C=O) groups is 1. The molecule has 0 bridgehead atoms. The molecule has 2 aliphatic carbocycles. The van der Waals surface area contributed by atoms with E-state index in [2.05, 4.69) is 0 Å². The molecule has 2 unspecified atom stereocenters. The highest BCUT2D eigenvalue weighted by Crippen LogP contribution is 2.59. The number of amides is 1. The van der Waals surface area contributed by atoms with E-state index in [-0.39, 0.29) is 52.0 Å². The molecule has 2 aromatic rings. The predicted octanol–water partition coefficient (Wildman–Crippen LogP) is 4.01. The van der Waals surface area contributed by atoms with Gasteiger partial charge in [0.05, 0.1) is 5.75 Å². The Balaban J connectivity index is 1.51. The number of nitrogens with two attached hydrogens (primary N) is 1. The number of likely N-dealkylation sites (tertiary alicyclic amines) is 1. The lowest BCUT2D eigenvalue weighted by atomic mass is 9.83. The molecule has 3 fully saturated rings. The van der Waals surface area contributed by atoms with Gasteiger partial charge >= 0.3 is 0 Å². The van der Waals surface area contributed by atoms with Crippen molar-refractivity contribution in [1.29, 1.82) is 0 Å². The summed E-state index contributed by atoms with van der Waals surface area (Å²) in [5.74, 6) is -2.96. The average Bonchev–Trinajstić information content (AvgIpc) is 3.42. The first kappa shape index (κ1) is 23.4. The molecule has 1 heterocycles. The van der Waals surface area contributed by atoms with Crippen molar-refractivity contribution in [2.75, 3.05) is 12.3 Å². The largest absolute Gasteiger partial charge is 0.338 e. The van der Waals surface area contributed by atoms with E-state index in [4.69, 9.17) is 5.14 Å². The van der Waals surface area contributed by atoms with Gasteiger partial charge in [-0.15, -0.1) is 0 Å². The van der Waals surface area contributed by atoms with Crippen molar-refractivity contribution < 1.29 is 26.4 Å². The molecule has 1 amide bonds. The summed E-state index contributed by atoms with van der Waals surface area (Å²) in [7, 11) is -3.81. The Morgan fingerprint density at radius 3 is 2.32 bits per heavy atom. The molecule has 2 saturated carbocycles. The van der Waals surface area contributed by atoms with Crippen LogP contribution >= 0.6 is 0 Å². The van der Waals surface area contributed by atoms with Gasteiger partial charge in [0.25, 0.3) is 0 Å². The van der Waals surface area contributed by atoms with Crippen LogP contribution in [0.3, 0.4) is 0 Å². The van der Waals surface area contributed by atoms with E-state index in [1.165, 1.54) is 6.07 Å². The summed E-state index contributed by atoms with van der Waals surface area (Å²) in [6.45, 7) is 0.462. The van der Waals surface area contributed by atoms with E-state index >= 15 is 4.39 Å². The van der Waals surface area contributed by atoms with Gasteiger partial charge in [-0.2, -0.15) is 0 Å². The molecule has 9 heteroatoms. The van der Waals surface area contributed by atoms with E-state index in [0.717, 1.165) is 50.3 Å². The summed E-state index contributed by atoms with van der Waals surface area (Å²) < 4.78 is 67.3. The fourth-order valence-corrected chi connectivity index (χ4v) is 6.78. The zero-order valence-electron chi connectivity index (χ0n) is 18.6. The molecule has 2 N–H and O–H groups in total. The molecular weight excluding hydrogens is 465 g/mol. The summed E-state index contributed by atoms with van der Waals surface area (Å²) in [6.07, 6.45) is 4.33. The van der Waals surface area contributed by atoms with E-state index in [0.29, 0.717) is 6.54 Å². The van der Waals surface area contributed by atoms with Crippen LogP contribution in [-0.2, 0) is 21.2 Å². The summed E-state index contributed by atoms with van der Waals surface area (Å²) in [6, 6.07) is 6.97. The second kappa shape index (κ2) is 8.37. The number of carbonyl (C=O) groups excluding carboxylic acids is 1. The third kappa shape index (κ3) is 4.35. The number of hydrogen-bond donors (Lipinski definition) is 1. The zero-order chi connectivity index (χ0) is 24.3. The van der Waals surface area contributed by atoms with Crippen LogP contribution in [0.4, 0.5) is 13.2 Å². The smallest absolute Gasteiger partial charge is 0.225 e. The van der Waals surface area contributed by atoms with Gasteiger partial charge in [0, 0.05) is 36.1 Å². The van der Waals surface area contributed by atoms with Crippen molar-refractivity contribution in [3.05, 3.63) is 59.4 Å². The number of rotatable bonds is 6. The minimum absolute atomic E-state index is 0.00297. The third-order valence-electron chi connectivity index (χ3n) is 7.86. The number of benzene rings is 2. The van der Waals surface area contributed by atoms with E-state index in [1.54, 1.807) is 17.0 Å². The van der Waals surface area contributed by atoms with Crippen molar-refractivity contribution in [1.82, 2.24) is 4.90 Å². The van der Waals surface area contributed by atoms with Gasteiger partial charge in [0.15, 0.2) is 0 Å².